The van der Waals surface area contributed by atoms with Gasteiger partial charge in [-0.15, -0.1) is 0 Å². The van der Waals surface area contributed by atoms with Gasteiger partial charge in [0, 0.05) is 17.8 Å². The number of nitro benzene ring substituents is 1. The number of hydrogen-bond donors (Lipinski definition) is 1. The van der Waals surface area contributed by atoms with Gasteiger partial charge in [0.2, 0.25) is 5.91 Å². The molecule has 2 aromatic carbocycles. The van der Waals surface area contributed by atoms with Gasteiger partial charge >= 0.3 is 0 Å². The number of imide groups is 1. The molecule has 0 aromatic heterocycles. The third-order valence-electron chi connectivity index (χ3n) is 3.88. The summed E-state index contributed by atoms with van der Waals surface area (Å²) in [7, 11) is 1.53. The van der Waals surface area contributed by atoms with Crippen molar-refractivity contribution in [1.29, 1.82) is 0 Å². The molecule has 0 spiro atoms. The molecule has 0 radical (unpaired) electrons. The van der Waals surface area contributed by atoms with E-state index < -0.39 is 16.9 Å². The Balaban J connectivity index is 1.79. The van der Waals surface area contributed by atoms with E-state index in [1.54, 1.807) is 30.3 Å². The summed E-state index contributed by atoms with van der Waals surface area (Å²) in [6, 6.07) is 11.6. The van der Waals surface area contributed by atoms with E-state index in [0.717, 1.165) is 4.90 Å². The van der Waals surface area contributed by atoms with Gasteiger partial charge in [-0.05, 0) is 30.3 Å². The molecule has 8 heteroatoms. The van der Waals surface area contributed by atoms with Crippen molar-refractivity contribution in [3.05, 3.63) is 58.6 Å². The van der Waals surface area contributed by atoms with E-state index in [9.17, 15) is 19.7 Å². The van der Waals surface area contributed by atoms with E-state index in [2.05, 4.69) is 5.32 Å². The van der Waals surface area contributed by atoms with E-state index in [4.69, 9.17) is 4.74 Å². The Bertz CT molecular complexity index is 834. The van der Waals surface area contributed by atoms with Gasteiger partial charge in [0.25, 0.3) is 11.6 Å². The predicted octanol–water partition coefficient (Wildman–Crippen LogP) is 2.35. The number of rotatable bonds is 5. The molecular formula is C17H15N3O5. The molecule has 1 N–H and O–H groups in total. The van der Waals surface area contributed by atoms with Crippen LogP contribution in [0.4, 0.5) is 17.1 Å². The molecule has 1 aliphatic heterocycles. The number of benzene rings is 2. The molecule has 2 aromatic rings. The first kappa shape index (κ1) is 16.4. The van der Waals surface area contributed by atoms with E-state index in [1.807, 2.05) is 0 Å². The second kappa shape index (κ2) is 6.60. The minimum absolute atomic E-state index is 0.0203. The van der Waals surface area contributed by atoms with Crippen molar-refractivity contribution in [3.8, 4) is 5.75 Å². The van der Waals surface area contributed by atoms with Crippen LogP contribution in [-0.2, 0) is 9.59 Å². The average molecular weight is 341 g/mol. The number of carbonyl (C=O) groups is 2. The highest BCUT2D eigenvalue weighted by Crippen LogP contribution is 2.27. The van der Waals surface area contributed by atoms with Crippen LogP contribution in [0.25, 0.3) is 0 Å². The highest BCUT2D eigenvalue weighted by molar-refractivity contribution is 6.23. The van der Waals surface area contributed by atoms with Gasteiger partial charge in [-0.2, -0.15) is 0 Å². The summed E-state index contributed by atoms with van der Waals surface area (Å²) >= 11 is 0. The number of nitro groups is 1. The lowest BCUT2D eigenvalue weighted by molar-refractivity contribution is -0.384. The van der Waals surface area contributed by atoms with Gasteiger partial charge in [0.15, 0.2) is 0 Å². The number of amides is 2. The maximum Gasteiger partial charge on any atom is 0.271 e. The molecule has 8 nitrogen and oxygen atoms in total. The standard InChI is InChI=1S/C17H15N3O5/c1-25-14-7-5-12(6-8-14)19-16(21)10-15(17(19)22)18-11-3-2-4-13(9-11)20(23)24/h2-9,15,18H,10H2,1H3/t15-/m1/s1. The molecule has 1 aliphatic rings. The van der Waals surface area contributed by atoms with Crippen LogP contribution in [-0.4, -0.2) is 29.9 Å². The number of non-ortho nitro benzene ring substituents is 1. The lowest BCUT2D eigenvalue weighted by atomic mass is 10.2. The first-order valence-corrected chi connectivity index (χ1v) is 7.51. The Kier molecular flexibility index (Phi) is 4.34. The third-order valence-corrected chi connectivity index (χ3v) is 3.88. The number of methoxy groups -OCH3 is 1. The first-order valence-electron chi connectivity index (χ1n) is 7.51. The van der Waals surface area contributed by atoms with Crippen molar-refractivity contribution < 1.29 is 19.2 Å². The van der Waals surface area contributed by atoms with Gasteiger partial charge in [0.1, 0.15) is 11.8 Å². The lowest BCUT2D eigenvalue weighted by Gasteiger charge is -2.16. The normalized spacial score (nSPS) is 16.8. The minimum atomic E-state index is -0.767. The van der Waals surface area contributed by atoms with Crippen molar-refractivity contribution in [2.45, 2.75) is 12.5 Å². The van der Waals surface area contributed by atoms with Crippen LogP contribution in [0.3, 0.4) is 0 Å². The number of carbonyl (C=O) groups excluding carboxylic acids is 2. The Morgan fingerprint density at radius 2 is 1.92 bits per heavy atom. The fourth-order valence-corrected chi connectivity index (χ4v) is 2.66. The number of nitrogens with one attached hydrogen (secondary N) is 1. The summed E-state index contributed by atoms with van der Waals surface area (Å²) in [5.74, 6) is -0.117. The Hall–Kier alpha value is -3.42. The topological polar surface area (TPSA) is 102 Å². The van der Waals surface area contributed by atoms with Crippen LogP contribution in [0.2, 0.25) is 0 Å². The summed E-state index contributed by atoms with van der Waals surface area (Å²) in [6.07, 6.45) is -0.0203. The number of anilines is 2. The summed E-state index contributed by atoms with van der Waals surface area (Å²) in [5.41, 5.74) is 0.782. The molecule has 0 aliphatic carbocycles. The van der Waals surface area contributed by atoms with Crippen molar-refractivity contribution in [2.75, 3.05) is 17.3 Å². The van der Waals surface area contributed by atoms with Crippen LogP contribution in [0, 0.1) is 10.1 Å². The molecule has 0 unspecified atom stereocenters. The van der Waals surface area contributed by atoms with Crippen LogP contribution < -0.4 is 15.0 Å². The van der Waals surface area contributed by atoms with Gasteiger partial charge in [0.05, 0.1) is 24.1 Å². The smallest absolute Gasteiger partial charge is 0.271 e. The second-order valence-corrected chi connectivity index (χ2v) is 5.47. The van der Waals surface area contributed by atoms with E-state index in [1.165, 1.54) is 25.3 Å². The van der Waals surface area contributed by atoms with Crippen LogP contribution in [0.15, 0.2) is 48.5 Å². The summed E-state index contributed by atoms with van der Waals surface area (Å²) in [4.78, 5) is 36.2. The second-order valence-electron chi connectivity index (χ2n) is 5.47. The van der Waals surface area contributed by atoms with E-state index in [-0.39, 0.29) is 18.0 Å². The molecule has 128 valence electrons. The molecule has 1 heterocycles. The van der Waals surface area contributed by atoms with Crippen LogP contribution in [0.5, 0.6) is 5.75 Å². The maximum absolute atomic E-state index is 12.6. The van der Waals surface area contributed by atoms with E-state index in [0.29, 0.717) is 17.1 Å². The predicted molar refractivity (Wildman–Crippen MR) is 90.6 cm³/mol. The minimum Gasteiger partial charge on any atom is -0.497 e. The Morgan fingerprint density at radius 1 is 1.20 bits per heavy atom. The third kappa shape index (κ3) is 3.27. The van der Waals surface area contributed by atoms with Crippen molar-refractivity contribution >= 4 is 28.9 Å². The fraction of sp³-hybridized carbons (Fsp3) is 0.176. The summed E-state index contributed by atoms with van der Waals surface area (Å²) in [5, 5.41) is 13.7. The van der Waals surface area contributed by atoms with E-state index >= 15 is 0 Å². The Morgan fingerprint density at radius 3 is 2.56 bits per heavy atom. The average Bonchev–Trinajstić information content (AvgIpc) is 2.89. The number of nitrogens with zero attached hydrogens (tertiary/aromatic N) is 2. The summed E-state index contributed by atoms with van der Waals surface area (Å²) < 4.78 is 5.06. The largest absolute Gasteiger partial charge is 0.497 e. The summed E-state index contributed by atoms with van der Waals surface area (Å²) in [6.45, 7) is 0. The molecule has 25 heavy (non-hydrogen) atoms. The zero-order valence-electron chi connectivity index (χ0n) is 13.3. The highest BCUT2D eigenvalue weighted by Gasteiger charge is 2.39. The van der Waals surface area contributed by atoms with Gasteiger partial charge in [-0.1, -0.05) is 6.07 Å². The van der Waals surface area contributed by atoms with Gasteiger partial charge in [-0.25, -0.2) is 4.90 Å². The number of hydrogen-bond acceptors (Lipinski definition) is 6. The van der Waals surface area contributed by atoms with Crippen molar-refractivity contribution in [3.63, 3.8) is 0 Å². The molecule has 0 bridgehead atoms. The quantitative estimate of drug-likeness (QED) is 0.509. The monoisotopic (exact) mass is 341 g/mol. The molecule has 1 saturated heterocycles. The van der Waals surface area contributed by atoms with Gasteiger partial charge < -0.3 is 10.1 Å². The van der Waals surface area contributed by atoms with Crippen LogP contribution >= 0.6 is 0 Å². The SMILES string of the molecule is COc1ccc(N2C(=O)C[C@@H](Nc3cccc([N+](=O)[O-])c3)C2=O)cc1. The zero-order chi connectivity index (χ0) is 18.0. The van der Waals surface area contributed by atoms with Crippen LogP contribution in [0.1, 0.15) is 6.42 Å². The Labute approximate surface area is 143 Å². The lowest BCUT2D eigenvalue weighted by Crippen LogP contribution is -2.34. The fourth-order valence-electron chi connectivity index (χ4n) is 2.66. The first-order chi connectivity index (χ1) is 12.0. The zero-order valence-corrected chi connectivity index (χ0v) is 13.3. The maximum atomic E-state index is 12.6. The van der Waals surface area contributed by atoms with Crippen molar-refractivity contribution in [2.24, 2.45) is 0 Å². The van der Waals surface area contributed by atoms with Crippen molar-refractivity contribution in [1.82, 2.24) is 0 Å². The molecule has 3 rings (SSSR count). The highest BCUT2D eigenvalue weighted by atomic mass is 16.6. The van der Waals surface area contributed by atoms with Gasteiger partial charge in [-0.3, -0.25) is 19.7 Å². The molecule has 1 atom stereocenters. The molecular weight excluding hydrogens is 326 g/mol. The molecule has 2 amide bonds. The molecule has 0 saturated carbocycles. The number of ether oxygens (including phenoxy) is 1. The molecule has 1 fully saturated rings.